The van der Waals surface area contributed by atoms with Crippen molar-refractivity contribution in [2.45, 2.75) is 19.4 Å². The summed E-state index contributed by atoms with van der Waals surface area (Å²) in [6.45, 7) is 1.35. The van der Waals surface area contributed by atoms with E-state index in [1.807, 2.05) is 0 Å². The van der Waals surface area contributed by atoms with Crippen molar-refractivity contribution < 1.29 is 29.4 Å². The number of carbonyl (C=O) groups is 4. The van der Waals surface area contributed by atoms with Crippen LogP contribution in [0.15, 0.2) is 0 Å². The fraction of sp³-hybridized carbons (Fsp3) is 0.636. The van der Waals surface area contributed by atoms with Crippen LogP contribution < -0.4 is 11.1 Å². The Labute approximate surface area is 114 Å². The lowest BCUT2D eigenvalue weighted by Gasteiger charge is -2.35. The first-order valence-electron chi connectivity index (χ1n) is 6.04. The molecule has 0 aromatic rings. The summed E-state index contributed by atoms with van der Waals surface area (Å²) in [7, 11) is 0. The quantitative estimate of drug-likeness (QED) is 0.503. The predicted molar refractivity (Wildman–Crippen MR) is 65.6 cm³/mol. The van der Waals surface area contributed by atoms with Gasteiger partial charge in [-0.3, -0.25) is 14.4 Å². The third-order valence-corrected chi connectivity index (χ3v) is 3.29. The van der Waals surface area contributed by atoms with Crippen LogP contribution in [0.2, 0.25) is 0 Å². The number of rotatable bonds is 4. The first-order valence-corrected chi connectivity index (χ1v) is 6.04. The van der Waals surface area contributed by atoms with Crippen LogP contribution in [0, 0.1) is 11.8 Å². The first kappa shape index (κ1) is 15.7. The molecule has 0 spiro atoms. The average molecular weight is 287 g/mol. The zero-order valence-corrected chi connectivity index (χ0v) is 10.9. The van der Waals surface area contributed by atoms with Crippen LogP contribution >= 0.6 is 0 Å². The van der Waals surface area contributed by atoms with Gasteiger partial charge in [-0.15, -0.1) is 0 Å². The fourth-order valence-corrected chi connectivity index (χ4v) is 2.25. The van der Waals surface area contributed by atoms with E-state index in [0.717, 1.165) is 0 Å². The molecule has 1 saturated heterocycles. The molecule has 0 bridgehead atoms. The Morgan fingerprint density at radius 3 is 2.20 bits per heavy atom. The number of carboxylic acid groups (broad SMARTS) is 2. The van der Waals surface area contributed by atoms with Crippen molar-refractivity contribution in [1.29, 1.82) is 0 Å². The smallest absolute Gasteiger partial charge is 0.312 e. The Morgan fingerprint density at radius 1 is 1.20 bits per heavy atom. The van der Waals surface area contributed by atoms with Crippen molar-refractivity contribution in [1.82, 2.24) is 10.2 Å². The minimum atomic E-state index is -1.26. The monoisotopic (exact) mass is 287 g/mol. The first-order chi connectivity index (χ1) is 9.23. The van der Waals surface area contributed by atoms with Crippen LogP contribution in [-0.2, 0) is 14.4 Å². The molecule has 5 N–H and O–H groups in total. The molecule has 112 valence electrons. The number of likely N-dealkylation sites (tertiary alicyclic amines) is 1. The van der Waals surface area contributed by atoms with Crippen LogP contribution in [0.4, 0.5) is 4.79 Å². The molecule has 3 unspecified atom stereocenters. The van der Waals surface area contributed by atoms with Crippen LogP contribution in [-0.4, -0.2) is 58.1 Å². The molecule has 9 heteroatoms. The van der Waals surface area contributed by atoms with E-state index in [0.29, 0.717) is 0 Å². The summed E-state index contributed by atoms with van der Waals surface area (Å²) in [4.78, 5) is 46.0. The molecular formula is C11H17N3O6. The Kier molecular flexibility index (Phi) is 4.89. The second-order valence-electron chi connectivity index (χ2n) is 4.69. The molecular weight excluding hydrogens is 270 g/mol. The summed E-state index contributed by atoms with van der Waals surface area (Å²) >= 11 is 0. The van der Waals surface area contributed by atoms with Crippen molar-refractivity contribution in [3.05, 3.63) is 0 Å². The van der Waals surface area contributed by atoms with Gasteiger partial charge in [0, 0.05) is 13.1 Å². The standard InChI is InChI=1S/C11H17N3O6/c1-5(13-11(12)20)8(15)14-3-2-6(9(16)17)7(4-14)10(18)19/h5-7H,2-4H2,1H3,(H,16,17)(H,18,19)(H3,12,13,20). The molecule has 1 aliphatic heterocycles. The molecule has 3 amide bonds. The van der Waals surface area contributed by atoms with Gasteiger partial charge >= 0.3 is 18.0 Å². The number of carboxylic acids is 2. The molecule has 1 fully saturated rings. The summed E-state index contributed by atoms with van der Waals surface area (Å²) in [5.74, 6) is -5.11. The molecule has 3 atom stereocenters. The molecule has 20 heavy (non-hydrogen) atoms. The van der Waals surface area contributed by atoms with E-state index in [4.69, 9.17) is 15.9 Å². The Bertz CT molecular complexity index is 438. The number of nitrogens with two attached hydrogens (primary N) is 1. The van der Waals surface area contributed by atoms with Crippen molar-refractivity contribution >= 4 is 23.9 Å². The van der Waals surface area contributed by atoms with Crippen LogP contribution in [0.5, 0.6) is 0 Å². The van der Waals surface area contributed by atoms with Gasteiger partial charge in [0.25, 0.3) is 0 Å². The lowest BCUT2D eigenvalue weighted by molar-refractivity contribution is -0.159. The number of primary amides is 1. The van der Waals surface area contributed by atoms with Crippen molar-refractivity contribution in [3.63, 3.8) is 0 Å². The third-order valence-electron chi connectivity index (χ3n) is 3.29. The van der Waals surface area contributed by atoms with Crippen LogP contribution in [0.1, 0.15) is 13.3 Å². The molecule has 1 rings (SSSR count). The zero-order chi connectivity index (χ0) is 15.4. The van der Waals surface area contributed by atoms with Crippen molar-refractivity contribution in [2.24, 2.45) is 17.6 Å². The van der Waals surface area contributed by atoms with Crippen LogP contribution in [0.25, 0.3) is 0 Å². The van der Waals surface area contributed by atoms with E-state index in [1.165, 1.54) is 11.8 Å². The number of carbonyl (C=O) groups excluding carboxylic acids is 2. The van der Waals surface area contributed by atoms with Crippen molar-refractivity contribution in [3.8, 4) is 0 Å². The molecule has 9 nitrogen and oxygen atoms in total. The normalized spacial score (nSPS) is 23.8. The highest BCUT2D eigenvalue weighted by atomic mass is 16.4. The number of hydrogen-bond donors (Lipinski definition) is 4. The minimum Gasteiger partial charge on any atom is -0.481 e. The average Bonchev–Trinajstić information content (AvgIpc) is 2.36. The summed E-state index contributed by atoms with van der Waals surface area (Å²) in [6, 6.07) is -1.75. The topological polar surface area (TPSA) is 150 Å². The Balaban J connectivity index is 2.76. The van der Waals surface area contributed by atoms with E-state index in [9.17, 15) is 19.2 Å². The molecule has 0 aromatic heterocycles. The minimum absolute atomic E-state index is 0.0569. The SMILES string of the molecule is CC(NC(N)=O)C(=O)N1CCC(C(=O)O)C(C(=O)O)C1. The zero-order valence-electron chi connectivity index (χ0n) is 10.9. The van der Waals surface area contributed by atoms with Gasteiger partial charge in [-0.25, -0.2) is 4.79 Å². The van der Waals surface area contributed by atoms with Gasteiger partial charge in [0.05, 0.1) is 11.8 Å². The Hall–Kier alpha value is -2.32. The van der Waals surface area contributed by atoms with Gasteiger partial charge in [0.15, 0.2) is 0 Å². The lowest BCUT2D eigenvalue weighted by Crippen LogP contribution is -2.54. The largest absolute Gasteiger partial charge is 0.481 e. The van der Waals surface area contributed by atoms with Crippen LogP contribution in [0.3, 0.4) is 0 Å². The number of nitrogens with zero attached hydrogens (tertiary/aromatic N) is 1. The van der Waals surface area contributed by atoms with E-state index >= 15 is 0 Å². The lowest BCUT2D eigenvalue weighted by atomic mass is 9.85. The van der Waals surface area contributed by atoms with Gasteiger partial charge in [-0.1, -0.05) is 0 Å². The maximum Gasteiger partial charge on any atom is 0.312 e. The molecule has 0 radical (unpaired) electrons. The maximum absolute atomic E-state index is 12.0. The molecule has 1 aliphatic rings. The summed E-state index contributed by atoms with van der Waals surface area (Å²) in [5.41, 5.74) is 4.91. The van der Waals surface area contributed by atoms with Gasteiger partial charge in [-0.2, -0.15) is 0 Å². The molecule has 0 saturated carbocycles. The highest BCUT2D eigenvalue weighted by Crippen LogP contribution is 2.24. The number of piperidine rings is 1. The highest BCUT2D eigenvalue weighted by molar-refractivity contribution is 5.87. The predicted octanol–water partition coefficient (Wildman–Crippen LogP) is -1.32. The number of nitrogens with one attached hydrogen (secondary N) is 1. The molecule has 0 aliphatic carbocycles. The van der Waals surface area contributed by atoms with Gasteiger partial charge in [0.2, 0.25) is 5.91 Å². The van der Waals surface area contributed by atoms with E-state index < -0.39 is 41.8 Å². The van der Waals surface area contributed by atoms with Crippen molar-refractivity contribution in [2.75, 3.05) is 13.1 Å². The molecule has 0 aromatic carbocycles. The Morgan fingerprint density at radius 2 is 1.75 bits per heavy atom. The van der Waals surface area contributed by atoms with Gasteiger partial charge in [0.1, 0.15) is 6.04 Å². The number of urea groups is 1. The van der Waals surface area contributed by atoms with E-state index in [2.05, 4.69) is 5.32 Å². The fourth-order valence-electron chi connectivity index (χ4n) is 2.25. The summed E-state index contributed by atoms with van der Waals surface area (Å²) in [6.07, 6.45) is 0.0569. The second-order valence-corrected chi connectivity index (χ2v) is 4.69. The third kappa shape index (κ3) is 3.59. The van der Waals surface area contributed by atoms with Gasteiger partial charge < -0.3 is 26.2 Å². The second kappa shape index (κ2) is 6.22. The summed E-state index contributed by atoms with van der Waals surface area (Å²) < 4.78 is 0. The molecule has 1 heterocycles. The highest BCUT2D eigenvalue weighted by Gasteiger charge is 2.40. The number of hydrogen-bond acceptors (Lipinski definition) is 4. The maximum atomic E-state index is 12.0. The number of aliphatic carboxylic acids is 2. The van der Waals surface area contributed by atoms with E-state index in [1.54, 1.807) is 0 Å². The number of amides is 3. The summed E-state index contributed by atoms with van der Waals surface area (Å²) in [5, 5.41) is 20.2. The van der Waals surface area contributed by atoms with E-state index in [-0.39, 0.29) is 19.5 Å². The van der Waals surface area contributed by atoms with Gasteiger partial charge in [-0.05, 0) is 13.3 Å².